The zero-order valence-corrected chi connectivity index (χ0v) is 13.2. The normalized spacial score (nSPS) is 16.8. The average Bonchev–Trinajstić information content (AvgIpc) is 2.56. The lowest BCUT2D eigenvalue weighted by Gasteiger charge is -2.22. The minimum atomic E-state index is -0.579. The van der Waals surface area contributed by atoms with E-state index in [1.165, 1.54) is 6.42 Å². The molecular weight excluding hydrogens is 278 g/mol. The molecule has 1 atom stereocenters. The van der Waals surface area contributed by atoms with E-state index in [0.29, 0.717) is 13.0 Å². The summed E-state index contributed by atoms with van der Waals surface area (Å²) in [5, 5.41) is 2.78. The second-order valence-corrected chi connectivity index (χ2v) is 5.97. The van der Waals surface area contributed by atoms with Crippen molar-refractivity contribution in [3.63, 3.8) is 0 Å². The first-order valence-electron chi connectivity index (χ1n) is 8.18. The van der Waals surface area contributed by atoms with Gasteiger partial charge < -0.3 is 10.1 Å². The Kier molecular flexibility index (Phi) is 6.44. The van der Waals surface area contributed by atoms with Gasteiger partial charge in [0, 0.05) is 12.3 Å². The third kappa shape index (κ3) is 5.17. The lowest BCUT2D eigenvalue weighted by Crippen LogP contribution is -2.43. The van der Waals surface area contributed by atoms with Gasteiger partial charge in [-0.3, -0.25) is 4.79 Å². The van der Waals surface area contributed by atoms with Gasteiger partial charge in [0.25, 0.3) is 0 Å². The summed E-state index contributed by atoms with van der Waals surface area (Å²) in [5.41, 5.74) is 1.13. The number of rotatable bonds is 6. The lowest BCUT2D eigenvalue weighted by molar-refractivity contribution is -0.147. The molecule has 2 rings (SSSR count). The number of hydrogen-bond acceptors (Lipinski definition) is 3. The third-order valence-electron chi connectivity index (χ3n) is 4.17. The summed E-state index contributed by atoms with van der Waals surface area (Å²) in [4.78, 5) is 24.0. The summed E-state index contributed by atoms with van der Waals surface area (Å²) >= 11 is 0. The van der Waals surface area contributed by atoms with Crippen molar-refractivity contribution in [2.45, 2.75) is 51.5 Å². The molecule has 1 fully saturated rings. The number of amides is 1. The second-order valence-electron chi connectivity index (χ2n) is 5.97. The molecule has 0 aliphatic heterocycles. The van der Waals surface area contributed by atoms with Crippen LogP contribution in [0.15, 0.2) is 30.3 Å². The van der Waals surface area contributed by atoms with Crippen LogP contribution in [0.4, 0.5) is 0 Å². The Hall–Kier alpha value is -1.84. The third-order valence-corrected chi connectivity index (χ3v) is 4.17. The van der Waals surface area contributed by atoms with Gasteiger partial charge in [-0.1, -0.05) is 49.6 Å². The maximum atomic E-state index is 12.1. The first-order valence-corrected chi connectivity index (χ1v) is 8.18. The highest BCUT2D eigenvalue weighted by Crippen LogP contribution is 2.23. The van der Waals surface area contributed by atoms with Gasteiger partial charge >= 0.3 is 5.97 Å². The molecule has 1 aliphatic rings. The van der Waals surface area contributed by atoms with Gasteiger partial charge in [0.2, 0.25) is 5.91 Å². The summed E-state index contributed by atoms with van der Waals surface area (Å²) < 4.78 is 5.24. The molecule has 0 heterocycles. The Morgan fingerprint density at radius 3 is 2.55 bits per heavy atom. The first kappa shape index (κ1) is 16.5. The van der Waals surface area contributed by atoms with E-state index in [9.17, 15) is 9.59 Å². The highest BCUT2D eigenvalue weighted by molar-refractivity contribution is 5.85. The monoisotopic (exact) mass is 303 g/mol. The standard InChI is InChI=1S/C18H25NO3/c1-14(19-17(20)16-10-6-3-7-11-16)18(21)22-13-12-15-8-4-2-5-9-15/h2,4-5,8-9,14,16H,3,6-7,10-13H2,1H3,(H,19,20). The largest absolute Gasteiger partial charge is 0.464 e. The number of esters is 1. The molecule has 1 saturated carbocycles. The number of nitrogens with one attached hydrogen (secondary N) is 1. The van der Waals surface area contributed by atoms with Crippen LogP contribution in [-0.2, 0) is 20.7 Å². The molecular formula is C18H25NO3. The summed E-state index contributed by atoms with van der Waals surface area (Å²) in [7, 11) is 0. The quantitative estimate of drug-likeness (QED) is 0.822. The van der Waals surface area contributed by atoms with Gasteiger partial charge in [0.1, 0.15) is 6.04 Å². The van der Waals surface area contributed by atoms with E-state index in [2.05, 4.69) is 5.32 Å². The van der Waals surface area contributed by atoms with Crippen molar-refractivity contribution in [2.24, 2.45) is 5.92 Å². The van der Waals surface area contributed by atoms with E-state index in [0.717, 1.165) is 31.2 Å². The summed E-state index contributed by atoms with van der Waals surface area (Å²) in [5.74, 6) is -0.305. The number of ether oxygens (including phenoxy) is 1. The smallest absolute Gasteiger partial charge is 0.328 e. The van der Waals surface area contributed by atoms with Crippen LogP contribution in [0.2, 0.25) is 0 Å². The second kappa shape index (κ2) is 8.57. The fourth-order valence-corrected chi connectivity index (χ4v) is 2.79. The lowest BCUT2D eigenvalue weighted by atomic mass is 9.88. The molecule has 1 unspecified atom stereocenters. The number of hydrogen-bond donors (Lipinski definition) is 1. The molecule has 0 radical (unpaired) electrons. The Morgan fingerprint density at radius 2 is 1.86 bits per heavy atom. The van der Waals surface area contributed by atoms with Gasteiger partial charge in [0.05, 0.1) is 6.61 Å². The van der Waals surface area contributed by atoms with E-state index in [1.807, 2.05) is 30.3 Å². The van der Waals surface area contributed by atoms with Crippen LogP contribution in [0.25, 0.3) is 0 Å². The topological polar surface area (TPSA) is 55.4 Å². The van der Waals surface area contributed by atoms with E-state index >= 15 is 0 Å². The SMILES string of the molecule is CC(NC(=O)C1CCCCC1)C(=O)OCCc1ccccc1. The van der Waals surface area contributed by atoms with E-state index in [-0.39, 0.29) is 17.8 Å². The van der Waals surface area contributed by atoms with Crippen molar-refractivity contribution in [1.29, 1.82) is 0 Å². The highest BCUT2D eigenvalue weighted by Gasteiger charge is 2.24. The number of carbonyl (C=O) groups is 2. The van der Waals surface area contributed by atoms with Crippen LogP contribution in [0, 0.1) is 5.92 Å². The molecule has 1 aromatic carbocycles. The predicted octanol–water partition coefficient (Wildman–Crippen LogP) is 2.86. The zero-order valence-electron chi connectivity index (χ0n) is 13.2. The predicted molar refractivity (Wildman–Crippen MR) is 85.3 cm³/mol. The van der Waals surface area contributed by atoms with Gasteiger partial charge in [-0.25, -0.2) is 4.79 Å². The van der Waals surface area contributed by atoms with Crippen molar-refractivity contribution in [2.75, 3.05) is 6.61 Å². The first-order chi connectivity index (χ1) is 10.7. The molecule has 22 heavy (non-hydrogen) atoms. The van der Waals surface area contributed by atoms with Crippen LogP contribution in [0.5, 0.6) is 0 Å². The molecule has 0 saturated heterocycles. The summed E-state index contributed by atoms with van der Waals surface area (Å²) in [6.45, 7) is 2.03. The van der Waals surface area contributed by atoms with Crippen molar-refractivity contribution in [3.05, 3.63) is 35.9 Å². The van der Waals surface area contributed by atoms with Gasteiger partial charge in [-0.15, -0.1) is 0 Å². The highest BCUT2D eigenvalue weighted by atomic mass is 16.5. The molecule has 1 aliphatic carbocycles. The van der Waals surface area contributed by atoms with Gasteiger partial charge in [0.15, 0.2) is 0 Å². The van der Waals surface area contributed by atoms with Crippen molar-refractivity contribution in [1.82, 2.24) is 5.32 Å². The number of carbonyl (C=O) groups excluding carboxylic acids is 2. The van der Waals surface area contributed by atoms with Gasteiger partial charge in [-0.2, -0.15) is 0 Å². The van der Waals surface area contributed by atoms with E-state index in [1.54, 1.807) is 6.92 Å². The fraction of sp³-hybridized carbons (Fsp3) is 0.556. The summed E-state index contributed by atoms with van der Waals surface area (Å²) in [6, 6.07) is 9.31. The van der Waals surface area contributed by atoms with E-state index in [4.69, 9.17) is 4.74 Å². The van der Waals surface area contributed by atoms with Crippen molar-refractivity contribution < 1.29 is 14.3 Å². The van der Waals surface area contributed by atoms with Crippen LogP contribution in [0.3, 0.4) is 0 Å². The maximum absolute atomic E-state index is 12.1. The minimum Gasteiger partial charge on any atom is -0.464 e. The molecule has 1 aromatic rings. The molecule has 4 heteroatoms. The molecule has 1 amide bonds. The van der Waals surface area contributed by atoms with Crippen LogP contribution in [-0.4, -0.2) is 24.5 Å². The Bertz CT molecular complexity index is 480. The van der Waals surface area contributed by atoms with Crippen molar-refractivity contribution in [3.8, 4) is 0 Å². The molecule has 4 nitrogen and oxygen atoms in total. The van der Waals surface area contributed by atoms with E-state index < -0.39 is 6.04 Å². The maximum Gasteiger partial charge on any atom is 0.328 e. The fourth-order valence-electron chi connectivity index (χ4n) is 2.79. The molecule has 0 bridgehead atoms. The molecule has 0 spiro atoms. The van der Waals surface area contributed by atoms with Crippen molar-refractivity contribution >= 4 is 11.9 Å². The molecule has 0 aromatic heterocycles. The Balaban J connectivity index is 1.69. The minimum absolute atomic E-state index is 0.00721. The van der Waals surface area contributed by atoms with Crippen LogP contribution in [0.1, 0.15) is 44.6 Å². The Labute approximate surface area is 132 Å². The number of benzene rings is 1. The Morgan fingerprint density at radius 1 is 1.18 bits per heavy atom. The van der Waals surface area contributed by atoms with Crippen LogP contribution < -0.4 is 5.32 Å². The molecule has 120 valence electrons. The van der Waals surface area contributed by atoms with Crippen LogP contribution >= 0.6 is 0 Å². The van der Waals surface area contributed by atoms with Gasteiger partial charge in [-0.05, 0) is 25.3 Å². The average molecular weight is 303 g/mol. The molecule has 1 N–H and O–H groups in total. The zero-order chi connectivity index (χ0) is 15.8. The summed E-state index contributed by atoms with van der Waals surface area (Å²) in [6.07, 6.45) is 5.97.